The van der Waals surface area contributed by atoms with Crippen LogP contribution in [0, 0.1) is 10.1 Å². The van der Waals surface area contributed by atoms with Gasteiger partial charge in [0.2, 0.25) is 0 Å². The molecule has 0 saturated carbocycles. The molecule has 0 radical (unpaired) electrons. The molecule has 2 bridgehead atoms. The largest absolute Gasteiger partial charge is 0.479 e. The Labute approximate surface area is 173 Å². The van der Waals surface area contributed by atoms with Gasteiger partial charge in [-0.1, -0.05) is 48.5 Å². The van der Waals surface area contributed by atoms with Crippen LogP contribution in [0.2, 0.25) is 0 Å². The fraction of sp³-hybridized carbons (Fsp3) is 0.364. The Kier molecular flexibility index (Phi) is 4.17. The summed E-state index contributed by atoms with van der Waals surface area (Å²) < 4.78 is 5.31. The number of ether oxygens (including phenoxy) is 1. The third-order valence-electron chi connectivity index (χ3n) is 5.88. The fourth-order valence-corrected chi connectivity index (χ4v) is 4.91. The van der Waals surface area contributed by atoms with Crippen LogP contribution in [0.5, 0.6) is 0 Å². The van der Waals surface area contributed by atoms with Crippen molar-refractivity contribution in [2.45, 2.75) is 49.8 Å². The summed E-state index contributed by atoms with van der Waals surface area (Å²) in [7, 11) is 0. The minimum absolute atomic E-state index is 0.416. The van der Waals surface area contributed by atoms with E-state index >= 15 is 0 Å². The van der Waals surface area contributed by atoms with Gasteiger partial charge in [0, 0.05) is 22.0 Å². The van der Waals surface area contributed by atoms with Crippen molar-refractivity contribution in [1.82, 2.24) is 5.32 Å². The molecule has 8 nitrogen and oxygen atoms in total. The maximum Gasteiger partial charge on any atom is 0.408 e. The van der Waals surface area contributed by atoms with E-state index in [0.29, 0.717) is 22.3 Å². The first-order valence-electron chi connectivity index (χ1n) is 9.61. The van der Waals surface area contributed by atoms with Gasteiger partial charge in [-0.05, 0) is 31.9 Å². The zero-order valence-corrected chi connectivity index (χ0v) is 16.8. The van der Waals surface area contributed by atoms with Crippen molar-refractivity contribution in [3.8, 4) is 0 Å². The van der Waals surface area contributed by atoms with Crippen LogP contribution in [0.25, 0.3) is 0 Å². The van der Waals surface area contributed by atoms with Gasteiger partial charge in [-0.2, -0.15) is 0 Å². The summed E-state index contributed by atoms with van der Waals surface area (Å²) >= 11 is 0. The van der Waals surface area contributed by atoms with Crippen LogP contribution >= 0.6 is 0 Å². The third-order valence-corrected chi connectivity index (χ3v) is 5.88. The molecule has 2 aromatic rings. The first-order valence-corrected chi connectivity index (χ1v) is 9.61. The number of carboxylic acid groups (broad SMARTS) is 1. The molecule has 5 rings (SSSR count). The Bertz CT molecular complexity index is 1030. The number of carboxylic acids is 1. The lowest BCUT2D eigenvalue weighted by atomic mass is 9.52. The van der Waals surface area contributed by atoms with E-state index in [2.05, 4.69) is 5.32 Å². The lowest BCUT2D eigenvalue weighted by molar-refractivity contribution is -0.572. The number of carbonyl (C=O) groups is 2. The fourth-order valence-electron chi connectivity index (χ4n) is 4.91. The van der Waals surface area contributed by atoms with E-state index < -0.39 is 46.0 Å². The number of alkyl carbamates (subject to hydrolysis) is 1. The quantitative estimate of drug-likeness (QED) is 0.591. The number of rotatable bonds is 3. The number of benzene rings is 2. The van der Waals surface area contributed by atoms with E-state index in [0.717, 1.165) is 0 Å². The average molecular weight is 410 g/mol. The number of hydrogen-bond acceptors (Lipinski definition) is 5. The minimum atomic E-state index is -1.93. The second-order valence-electron chi connectivity index (χ2n) is 8.81. The minimum Gasteiger partial charge on any atom is -0.479 e. The van der Waals surface area contributed by atoms with E-state index in [9.17, 15) is 24.8 Å². The van der Waals surface area contributed by atoms with Gasteiger partial charge in [0.05, 0.1) is 6.42 Å². The third kappa shape index (κ3) is 2.59. The molecular weight excluding hydrogens is 388 g/mol. The monoisotopic (exact) mass is 410 g/mol. The molecule has 156 valence electrons. The molecule has 8 heteroatoms. The molecule has 3 aliphatic carbocycles. The standard InChI is InChI=1S/C22H22N2O6/c1-20(2,3)30-19(27)23-21(18(25)26)12-22(24(28)29)15-10-6-4-8-13(15)17(21)14-9-5-7-11-16(14)22/h4-11,17H,12H2,1-3H3,(H,23,27)(H,25,26). The van der Waals surface area contributed by atoms with Crippen LogP contribution < -0.4 is 5.32 Å². The predicted molar refractivity (Wildman–Crippen MR) is 107 cm³/mol. The van der Waals surface area contributed by atoms with Crippen molar-refractivity contribution < 1.29 is 24.4 Å². The highest BCUT2D eigenvalue weighted by molar-refractivity contribution is 5.89. The van der Waals surface area contributed by atoms with Gasteiger partial charge in [0.1, 0.15) is 5.60 Å². The molecule has 1 unspecified atom stereocenters. The zero-order chi connectivity index (χ0) is 21.9. The summed E-state index contributed by atoms with van der Waals surface area (Å²) in [4.78, 5) is 37.4. The first-order chi connectivity index (χ1) is 14.0. The van der Waals surface area contributed by atoms with Gasteiger partial charge in [-0.25, -0.2) is 9.59 Å². The molecule has 1 amide bonds. The number of aliphatic carboxylic acids is 1. The molecule has 0 aliphatic heterocycles. The lowest BCUT2D eigenvalue weighted by Crippen LogP contribution is -2.68. The van der Waals surface area contributed by atoms with Crippen LogP contribution in [0.1, 0.15) is 55.4 Å². The van der Waals surface area contributed by atoms with Crippen molar-refractivity contribution in [1.29, 1.82) is 0 Å². The molecule has 0 spiro atoms. The van der Waals surface area contributed by atoms with Crippen LogP contribution in [-0.4, -0.2) is 33.2 Å². The Balaban J connectivity index is 1.99. The Morgan fingerprint density at radius 3 is 2.03 bits per heavy atom. The number of fused-ring (bicyclic) bond motifs is 1. The van der Waals surface area contributed by atoms with E-state index in [4.69, 9.17) is 4.74 Å². The number of nitrogens with zero attached hydrogens (tertiary/aromatic N) is 1. The first kappa shape index (κ1) is 19.9. The molecule has 2 N–H and O–H groups in total. The normalized spacial score (nSPS) is 26.3. The smallest absolute Gasteiger partial charge is 0.408 e. The van der Waals surface area contributed by atoms with Gasteiger partial charge in [0.15, 0.2) is 5.54 Å². The highest BCUT2D eigenvalue weighted by atomic mass is 16.6. The second-order valence-corrected chi connectivity index (χ2v) is 8.81. The molecule has 1 atom stereocenters. The summed E-state index contributed by atoms with van der Waals surface area (Å²) in [5.41, 5.74) is -2.61. The lowest BCUT2D eigenvalue weighted by Gasteiger charge is -2.52. The molecule has 3 aliphatic rings. The molecule has 0 saturated heterocycles. The van der Waals surface area contributed by atoms with Gasteiger partial charge >= 0.3 is 12.1 Å². The zero-order valence-electron chi connectivity index (χ0n) is 16.8. The summed E-state index contributed by atoms with van der Waals surface area (Å²) in [6, 6.07) is 13.6. The Morgan fingerprint density at radius 1 is 1.10 bits per heavy atom. The number of hydrogen-bond donors (Lipinski definition) is 2. The Hall–Kier alpha value is -3.42. The van der Waals surface area contributed by atoms with Gasteiger partial charge in [0.25, 0.3) is 5.54 Å². The maximum absolute atomic E-state index is 12.7. The van der Waals surface area contributed by atoms with E-state index in [1.54, 1.807) is 69.3 Å². The van der Waals surface area contributed by atoms with Crippen LogP contribution in [0.15, 0.2) is 48.5 Å². The SMILES string of the molecule is CC(C)(C)OC(=O)NC1(C(=O)O)CC2([N+](=O)[O-])c3ccccc3C1c1ccccc12. The predicted octanol–water partition coefficient (Wildman–Crippen LogP) is 3.40. The van der Waals surface area contributed by atoms with E-state index in [1.807, 2.05) is 0 Å². The molecule has 0 fully saturated rings. The highest BCUT2D eigenvalue weighted by Gasteiger charge is 2.69. The molecule has 0 heterocycles. The Morgan fingerprint density at radius 2 is 1.60 bits per heavy atom. The van der Waals surface area contributed by atoms with E-state index in [-0.39, 0.29) is 0 Å². The average Bonchev–Trinajstić information content (AvgIpc) is 2.66. The summed E-state index contributed by atoms with van der Waals surface area (Å²) in [6.07, 6.45) is -1.34. The maximum atomic E-state index is 12.7. The summed E-state index contributed by atoms with van der Waals surface area (Å²) in [5.74, 6) is -2.13. The number of nitrogens with one attached hydrogen (secondary N) is 1. The summed E-state index contributed by atoms with van der Waals surface area (Å²) in [5, 5.41) is 25.4. The number of amides is 1. The van der Waals surface area contributed by atoms with Crippen molar-refractivity contribution in [2.24, 2.45) is 0 Å². The second kappa shape index (κ2) is 6.29. The van der Waals surface area contributed by atoms with Crippen molar-refractivity contribution in [3.05, 3.63) is 80.9 Å². The van der Waals surface area contributed by atoms with Crippen molar-refractivity contribution in [2.75, 3.05) is 0 Å². The molecular formula is C22H22N2O6. The number of carbonyl (C=O) groups excluding carboxylic acids is 1. The van der Waals surface area contributed by atoms with Crippen LogP contribution in [-0.2, 0) is 15.1 Å². The van der Waals surface area contributed by atoms with Gasteiger partial charge in [-0.15, -0.1) is 0 Å². The highest BCUT2D eigenvalue weighted by Crippen LogP contribution is 2.60. The van der Waals surface area contributed by atoms with Crippen LogP contribution in [0.4, 0.5) is 4.79 Å². The van der Waals surface area contributed by atoms with Crippen molar-refractivity contribution in [3.63, 3.8) is 0 Å². The molecule has 0 aromatic heterocycles. The van der Waals surface area contributed by atoms with Crippen molar-refractivity contribution >= 4 is 12.1 Å². The van der Waals surface area contributed by atoms with Gasteiger partial charge in [-0.3, -0.25) is 10.1 Å². The molecule has 2 aromatic carbocycles. The topological polar surface area (TPSA) is 119 Å². The number of nitro groups is 1. The van der Waals surface area contributed by atoms with Crippen LogP contribution in [0.3, 0.4) is 0 Å². The van der Waals surface area contributed by atoms with E-state index in [1.165, 1.54) is 0 Å². The van der Waals surface area contributed by atoms with Gasteiger partial charge < -0.3 is 15.2 Å². The molecule has 30 heavy (non-hydrogen) atoms. The summed E-state index contributed by atoms with van der Waals surface area (Å²) in [6.45, 7) is 4.99.